The fourth-order valence-electron chi connectivity index (χ4n) is 4.62. The third kappa shape index (κ3) is 4.25. The fraction of sp³-hybridized carbons (Fsp3) is 0.310. The number of amides is 1. The van der Waals surface area contributed by atoms with Gasteiger partial charge in [-0.15, -0.1) is 0 Å². The van der Waals surface area contributed by atoms with Gasteiger partial charge in [0.2, 0.25) is 0 Å². The molecule has 4 rings (SSSR count). The maximum atomic E-state index is 13.4. The van der Waals surface area contributed by atoms with Crippen molar-refractivity contribution < 1.29 is 23.8 Å². The number of Topliss-reactive ketones (excluding diaryl/α,β-unsaturated/α-hetero) is 1. The van der Waals surface area contributed by atoms with Crippen LogP contribution < -0.4 is 9.64 Å². The molecular formula is C29H31NO5. The van der Waals surface area contributed by atoms with Gasteiger partial charge >= 0.3 is 0 Å². The SMILES string of the molecule is COc1ccc(/C(O)=C2/C(=O)C(=O)N(c3ccc(C)cc3C)C2c2ccc(C)o2)cc1C(C)(C)C. The second kappa shape index (κ2) is 8.77. The molecule has 1 N–H and O–H groups in total. The first-order chi connectivity index (χ1) is 16.4. The molecule has 0 radical (unpaired) electrons. The highest BCUT2D eigenvalue weighted by Gasteiger charge is 2.48. The number of ketones is 1. The molecule has 6 nitrogen and oxygen atoms in total. The number of aliphatic hydroxyl groups is 1. The average molecular weight is 474 g/mol. The van der Waals surface area contributed by atoms with Crippen molar-refractivity contribution in [3.8, 4) is 5.75 Å². The van der Waals surface area contributed by atoms with Gasteiger partial charge in [-0.3, -0.25) is 14.5 Å². The van der Waals surface area contributed by atoms with E-state index in [2.05, 4.69) is 0 Å². The van der Waals surface area contributed by atoms with Crippen LogP contribution in [0.5, 0.6) is 5.75 Å². The number of hydrogen-bond donors (Lipinski definition) is 1. The molecule has 1 saturated heterocycles. The fourth-order valence-corrected chi connectivity index (χ4v) is 4.62. The highest BCUT2D eigenvalue weighted by molar-refractivity contribution is 6.51. The zero-order valence-corrected chi connectivity index (χ0v) is 21.2. The van der Waals surface area contributed by atoms with Crippen molar-refractivity contribution in [2.24, 2.45) is 0 Å². The summed E-state index contributed by atoms with van der Waals surface area (Å²) in [5, 5.41) is 11.5. The Morgan fingerprint density at radius 1 is 1.00 bits per heavy atom. The van der Waals surface area contributed by atoms with E-state index in [-0.39, 0.29) is 16.7 Å². The molecular weight excluding hydrogens is 442 g/mol. The van der Waals surface area contributed by atoms with Gasteiger partial charge in [0.15, 0.2) is 0 Å². The molecule has 6 heteroatoms. The van der Waals surface area contributed by atoms with Crippen LogP contribution in [0.1, 0.15) is 60.6 Å². The summed E-state index contributed by atoms with van der Waals surface area (Å²) in [7, 11) is 1.60. The highest BCUT2D eigenvalue weighted by atomic mass is 16.5. The lowest BCUT2D eigenvalue weighted by Crippen LogP contribution is -2.30. The van der Waals surface area contributed by atoms with Gasteiger partial charge in [0.1, 0.15) is 29.1 Å². The van der Waals surface area contributed by atoms with E-state index in [4.69, 9.17) is 9.15 Å². The number of anilines is 1. The summed E-state index contributed by atoms with van der Waals surface area (Å²) in [6.45, 7) is 11.8. The Balaban J connectivity index is 1.96. The first-order valence-corrected chi connectivity index (χ1v) is 11.6. The molecule has 1 aliphatic heterocycles. The highest BCUT2D eigenvalue weighted by Crippen LogP contribution is 2.44. The summed E-state index contributed by atoms with van der Waals surface area (Å²) in [5.74, 6) is 0.0287. The van der Waals surface area contributed by atoms with Crippen molar-refractivity contribution in [2.75, 3.05) is 12.0 Å². The Kier molecular flexibility index (Phi) is 6.09. The van der Waals surface area contributed by atoms with Gasteiger partial charge in [-0.2, -0.15) is 0 Å². The number of aliphatic hydroxyl groups excluding tert-OH is 1. The Morgan fingerprint density at radius 3 is 2.29 bits per heavy atom. The number of carbonyl (C=O) groups is 2. The van der Waals surface area contributed by atoms with E-state index in [0.717, 1.165) is 16.7 Å². The van der Waals surface area contributed by atoms with Crippen LogP contribution in [-0.2, 0) is 15.0 Å². The number of aryl methyl sites for hydroxylation is 3. The zero-order chi connectivity index (χ0) is 25.7. The van der Waals surface area contributed by atoms with E-state index in [1.54, 1.807) is 38.3 Å². The molecule has 0 bridgehead atoms. The van der Waals surface area contributed by atoms with Crippen LogP contribution in [0.15, 0.2) is 58.5 Å². The molecule has 1 atom stereocenters. The minimum atomic E-state index is -0.898. The Morgan fingerprint density at radius 2 is 1.71 bits per heavy atom. The topological polar surface area (TPSA) is 80.0 Å². The van der Waals surface area contributed by atoms with Gasteiger partial charge in [-0.25, -0.2) is 0 Å². The largest absolute Gasteiger partial charge is 0.507 e. The number of benzene rings is 2. The number of furan rings is 1. The van der Waals surface area contributed by atoms with E-state index in [1.807, 2.05) is 58.9 Å². The minimum Gasteiger partial charge on any atom is -0.507 e. The van der Waals surface area contributed by atoms with E-state index in [9.17, 15) is 14.7 Å². The molecule has 2 heterocycles. The van der Waals surface area contributed by atoms with Crippen molar-refractivity contribution in [3.63, 3.8) is 0 Å². The summed E-state index contributed by atoms with van der Waals surface area (Å²) in [6.07, 6.45) is 0. The number of ether oxygens (including phenoxy) is 1. The monoisotopic (exact) mass is 473 g/mol. The van der Waals surface area contributed by atoms with Gasteiger partial charge < -0.3 is 14.3 Å². The lowest BCUT2D eigenvalue weighted by Gasteiger charge is -2.25. The van der Waals surface area contributed by atoms with Gasteiger partial charge in [-0.05, 0) is 68.1 Å². The van der Waals surface area contributed by atoms with Crippen LogP contribution in [-0.4, -0.2) is 23.9 Å². The summed E-state index contributed by atoms with van der Waals surface area (Å²) in [6, 6.07) is 13.6. The molecule has 3 aromatic rings. The van der Waals surface area contributed by atoms with Crippen molar-refractivity contribution in [1.82, 2.24) is 0 Å². The standard InChI is InChI=1S/C29H31NO5/c1-16-8-11-21(17(2)14-16)30-25(23-12-9-18(3)35-23)24(27(32)28(30)33)26(31)19-10-13-22(34-7)20(15-19)29(4,5)6/h8-15,25,31H,1-7H3/b26-24-. The lowest BCUT2D eigenvalue weighted by atomic mass is 9.84. The Labute approximate surface area is 205 Å². The number of carbonyl (C=O) groups excluding carboxylic acids is 2. The van der Waals surface area contributed by atoms with Crippen molar-refractivity contribution >= 4 is 23.1 Å². The van der Waals surface area contributed by atoms with Crippen molar-refractivity contribution in [3.05, 3.63) is 87.9 Å². The molecule has 1 unspecified atom stereocenters. The Hall–Kier alpha value is -3.80. The average Bonchev–Trinajstić information content (AvgIpc) is 3.33. The molecule has 1 fully saturated rings. The van der Waals surface area contributed by atoms with Crippen molar-refractivity contribution in [1.29, 1.82) is 0 Å². The van der Waals surface area contributed by atoms with Gasteiger partial charge in [0, 0.05) is 16.8 Å². The zero-order valence-electron chi connectivity index (χ0n) is 21.2. The number of rotatable bonds is 4. The number of methoxy groups -OCH3 is 1. The quantitative estimate of drug-likeness (QED) is 0.280. The molecule has 2 aromatic carbocycles. The van der Waals surface area contributed by atoms with E-state index in [0.29, 0.717) is 28.5 Å². The lowest BCUT2D eigenvalue weighted by molar-refractivity contribution is -0.132. The van der Waals surface area contributed by atoms with Gasteiger partial charge in [-0.1, -0.05) is 38.5 Å². The molecule has 0 spiro atoms. The molecule has 35 heavy (non-hydrogen) atoms. The van der Waals surface area contributed by atoms with Crippen LogP contribution in [0.4, 0.5) is 5.69 Å². The van der Waals surface area contributed by atoms with Gasteiger partial charge in [0.25, 0.3) is 11.7 Å². The first-order valence-electron chi connectivity index (χ1n) is 11.6. The van der Waals surface area contributed by atoms with Gasteiger partial charge in [0.05, 0.1) is 12.7 Å². The van der Waals surface area contributed by atoms with Crippen LogP contribution in [0, 0.1) is 20.8 Å². The Bertz CT molecular complexity index is 1360. The third-order valence-electron chi connectivity index (χ3n) is 6.37. The van der Waals surface area contributed by atoms with Crippen LogP contribution in [0.3, 0.4) is 0 Å². The number of hydrogen-bond acceptors (Lipinski definition) is 5. The normalized spacial score (nSPS) is 17.8. The second-order valence-corrected chi connectivity index (χ2v) is 10.1. The molecule has 0 aliphatic carbocycles. The van der Waals surface area contributed by atoms with Crippen LogP contribution in [0.25, 0.3) is 5.76 Å². The summed E-state index contributed by atoms with van der Waals surface area (Å²) in [4.78, 5) is 28.2. The summed E-state index contributed by atoms with van der Waals surface area (Å²) < 4.78 is 11.4. The molecule has 1 aliphatic rings. The van der Waals surface area contributed by atoms with Crippen LogP contribution in [0.2, 0.25) is 0 Å². The molecule has 0 saturated carbocycles. The molecule has 1 amide bonds. The van der Waals surface area contributed by atoms with E-state index >= 15 is 0 Å². The first kappa shape index (κ1) is 24.3. The van der Waals surface area contributed by atoms with E-state index < -0.39 is 17.7 Å². The van der Waals surface area contributed by atoms with E-state index in [1.165, 1.54) is 4.90 Å². The second-order valence-electron chi connectivity index (χ2n) is 10.1. The summed E-state index contributed by atoms with van der Waals surface area (Å²) >= 11 is 0. The van der Waals surface area contributed by atoms with Crippen LogP contribution >= 0.6 is 0 Å². The molecule has 1 aromatic heterocycles. The number of nitrogens with zero attached hydrogens (tertiary/aromatic N) is 1. The predicted molar refractivity (Wildman–Crippen MR) is 136 cm³/mol. The smallest absolute Gasteiger partial charge is 0.300 e. The predicted octanol–water partition coefficient (Wildman–Crippen LogP) is 6.14. The summed E-state index contributed by atoms with van der Waals surface area (Å²) in [5.41, 5.74) is 3.52. The van der Waals surface area contributed by atoms with Crippen molar-refractivity contribution in [2.45, 2.75) is 53.0 Å². The maximum absolute atomic E-state index is 13.4. The third-order valence-corrected chi connectivity index (χ3v) is 6.37. The minimum absolute atomic E-state index is 0.00523. The molecule has 182 valence electrons. The maximum Gasteiger partial charge on any atom is 0.300 e.